The van der Waals surface area contributed by atoms with Gasteiger partial charge in [0.15, 0.2) is 5.13 Å². The zero-order valence-corrected chi connectivity index (χ0v) is 11.1. The highest BCUT2D eigenvalue weighted by molar-refractivity contribution is 7.16. The van der Waals surface area contributed by atoms with Crippen LogP contribution in [0.4, 0.5) is 5.13 Å². The third kappa shape index (κ3) is 2.60. The van der Waals surface area contributed by atoms with Crippen molar-refractivity contribution in [2.45, 2.75) is 6.54 Å². The topological polar surface area (TPSA) is 49.1 Å². The Morgan fingerprint density at radius 3 is 2.89 bits per heavy atom. The number of thiazole rings is 1. The van der Waals surface area contributed by atoms with E-state index in [1.54, 1.807) is 13.3 Å². The van der Waals surface area contributed by atoms with Crippen LogP contribution in [0.15, 0.2) is 30.5 Å². The molecule has 18 heavy (non-hydrogen) atoms. The first-order valence-corrected chi connectivity index (χ1v) is 6.25. The lowest BCUT2D eigenvalue weighted by Crippen LogP contribution is -2.16. The van der Waals surface area contributed by atoms with Crippen LogP contribution < -0.4 is 9.64 Å². The summed E-state index contributed by atoms with van der Waals surface area (Å²) in [7, 11) is 3.61. The summed E-state index contributed by atoms with van der Waals surface area (Å²) >= 11 is 1.39. The average molecular weight is 259 g/mol. The lowest BCUT2D eigenvalue weighted by Gasteiger charge is -2.17. The predicted octanol–water partition coefficient (Wildman–Crippen LogP) is 2.66. The first kappa shape index (κ1) is 12.4. The standard InChI is InChI=1S/C13H13N3OS/c1-16(13-15-8-11(7-14)18-13)9-10-5-3-4-6-12(10)17-2/h3-6,8H,9H2,1-2H3. The summed E-state index contributed by atoms with van der Waals surface area (Å²) < 4.78 is 5.31. The van der Waals surface area contributed by atoms with Gasteiger partial charge in [-0.3, -0.25) is 0 Å². The Kier molecular flexibility index (Phi) is 3.80. The number of methoxy groups -OCH3 is 1. The van der Waals surface area contributed by atoms with Crippen molar-refractivity contribution in [2.24, 2.45) is 0 Å². The molecule has 0 radical (unpaired) electrons. The molecule has 0 amide bonds. The number of nitrogens with zero attached hydrogens (tertiary/aromatic N) is 3. The number of hydrogen-bond acceptors (Lipinski definition) is 5. The fourth-order valence-electron chi connectivity index (χ4n) is 1.65. The van der Waals surface area contributed by atoms with Gasteiger partial charge in [-0.15, -0.1) is 0 Å². The molecular formula is C13H13N3OS. The van der Waals surface area contributed by atoms with E-state index in [2.05, 4.69) is 11.1 Å². The van der Waals surface area contributed by atoms with Gasteiger partial charge >= 0.3 is 0 Å². The second-order valence-electron chi connectivity index (χ2n) is 3.79. The number of ether oxygens (including phenoxy) is 1. The van der Waals surface area contributed by atoms with Crippen LogP contribution >= 0.6 is 11.3 Å². The number of anilines is 1. The molecule has 5 heteroatoms. The summed E-state index contributed by atoms with van der Waals surface area (Å²) in [5.41, 5.74) is 1.09. The minimum Gasteiger partial charge on any atom is -0.496 e. The van der Waals surface area contributed by atoms with Crippen LogP contribution in [0.25, 0.3) is 0 Å². The molecule has 0 saturated carbocycles. The molecule has 2 aromatic rings. The van der Waals surface area contributed by atoms with E-state index in [4.69, 9.17) is 10.00 Å². The smallest absolute Gasteiger partial charge is 0.186 e. The number of rotatable bonds is 4. The molecule has 1 aromatic carbocycles. The van der Waals surface area contributed by atoms with Gasteiger partial charge in [-0.2, -0.15) is 5.26 Å². The molecule has 92 valence electrons. The number of benzene rings is 1. The van der Waals surface area contributed by atoms with Crippen molar-refractivity contribution >= 4 is 16.5 Å². The van der Waals surface area contributed by atoms with E-state index in [9.17, 15) is 0 Å². The van der Waals surface area contributed by atoms with Crippen LogP contribution in [-0.4, -0.2) is 19.1 Å². The van der Waals surface area contributed by atoms with Crippen molar-refractivity contribution in [3.63, 3.8) is 0 Å². The SMILES string of the molecule is COc1ccccc1CN(C)c1ncc(C#N)s1. The number of nitriles is 1. The van der Waals surface area contributed by atoms with E-state index in [1.165, 1.54) is 11.3 Å². The number of hydrogen-bond donors (Lipinski definition) is 0. The van der Waals surface area contributed by atoms with Crippen LogP contribution in [0.5, 0.6) is 5.75 Å². The summed E-state index contributed by atoms with van der Waals surface area (Å²) in [5, 5.41) is 9.62. The minimum atomic E-state index is 0.622. The lowest BCUT2D eigenvalue weighted by atomic mass is 10.2. The molecule has 1 aromatic heterocycles. The Bertz CT molecular complexity index is 574. The Morgan fingerprint density at radius 2 is 2.22 bits per heavy atom. The van der Waals surface area contributed by atoms with Gasteiger partial charge in [0, 0.05) is 19.2 Å². The van der Waals surface area contributed by atoms with Crippen molar-refractivity contribution in [2.75, 3.05) is 19.1 Å². The van der Waals surface area contributed by atoms with E-state index < -0.39 is 0 Å². The highest BCUT2D eigenvalue weighted by atomic mass is 32.1. The highest BCUT2D eigenvalue weighted by Crippen LogP contribution is 2.25. The van der Waals surface area contributed by atoms with Gasteiger partial charge in [0.2, 0.25) is 0 Å². The van der Waals surface area contributed by atoms with E-state index in [1.807, 2.05) is 36.2 Å². The lowest BCUT2D eigenvalue weighted by molar-refractivity contribution is 0.409. The predicted molar refractivity (Wildman–Crippen MR) is 71.9 cm³/mol. The molecule has 0 aliphatic heterocycles. The highest BCUT2D eigenvalue weighted by Gasteiger charge is 2.10. The first-order chi connectivity index (χ1) is 8.74. The third-order valence-corrected chi connectivity index (χ3v) is 3.55. The fraction of sp³-hybridized carbons (Fsp3) is 0.231. The molecule has 0 N–H and O–H groups in total. The minimum absolute atomic E-state index is 0.622. The Morgan fingerprint density at radius 1 is 1.44 bits per heavy atom. The van der Waals surface area contributed by atoms with Crippen molar-refractivity contribution < 1.29 is 4.74 Å². The van der Waals surface area contributed by atoms with Crippen LogP contribution in [0.2, 0.25) is 0 Å². The van der Waals surface area contributed by atoms with Crippen LogP contribution in [-0.2, 0) is 6.54 Å². The largest absolute Gasteiger partial charge is 0.496 e. The van der Waals surface area contributed by atoms with Crippen LogP contribution in [0.1, 0.15) is 10.4 Å². The molecule has 1 heterocycles. The molecule has 0 fully saturated rings. The summed E-state index contributed by atoms with van der Waals surface area (Å²) in [4.78, 5) is 6.85. The van der Waals surface area contributed by atoms with Gasteiger partial charge in [0.25, 0.3) is 0 Å². The zero-order valence-electron chi connectivity index (χ0n) is 10.3. The van der Waals surface area contributed by atoms with E-state index in [-0.39, 0.29) is 0 Å². The van der Waals surface area contributed by atoms with Crippen molar-refractivity contribution in [1.29, 1.82) is 5.26 Å². The summed E-state index contributed by atoms with van der Waals surface area (Å²) in [6.07, 6.45) is 1.60. The maximum absolute atomic E-state index is 8.79. The summed E-state index contributed by atoms with van der Waals surface area (Å²) in [6.45, 7) is 0.697. The molecule has 0 atom stereocenters. The van der Waals surface area contributed by atoms with Gasteiger partial charge < -0.3 is 9.64 Å². The first-order valence-electron chi connectivity index (χ1n) is 5.43. The maximum Gasteiger partial charge on any atom is 0.186 e. The van der Waals surface area contributed by atoms with E-state index in [0.29, 0.717) is 11.4 Å². The molecule has 0 spiro atoms. The fourth-order valence-corrected chi connectivity index (χ4v) is 2.32. The third-order valence-electron chi connectivity index (χ3n) is 2.53. The average Bonchev–Trinajstić information content (AvgIpc) is 2.88. The summed E-state index contributed by atoms with van der Waals surface area (Å²) in [5.74, 6) is 0.862. The maximum atomic E-state index is 8.79. The van der Waals surface area contributed by atoms with Gasteiger partial charge in [-0.05, 0) is 6.07 Å². The monoisotopic (exact) mass is 259 g/mol. The molecular weight excluding hydrogens is 246 g/mol. The second kappa shape index (κ2) is 5.52. The van der Waals surface area contributed by atoms with E-state index >= 15 is 0 Å². The van der Waals surface area contributed by atoms with Crippen molar-refractivity contribution in [3.05, 3.63) is 40.9 Å². The quantitative estimate of drug-likeness (QED) is 0.847. The molecule has 0 bridgehead atoms. The van der Waals surface area contributed by atoms with Gasteiger partial charge in [-0.1, -0.05) is 29.5 Å². The Labute approximate surface area is 110 Å². The zero-order chi connectivity index (χ0) is 13.0. The summed E-state index contributed by atoms with van der Waals surface area (Å²) in [6, 6.07) is 9.98. The van der Waals surface area contributed by atoms with E-state index in [0.717, 1.165) is 16.4 Å². The van der Waals surface area contributed by atoms with Gasteiger partial charge in [-0.25, -0.2) is 4.98 Å². The number of aromatic nitrogens is 1. The molecule has 0 saturated heterocycles. The van der Waals surface area contributed by atoms with Crippen LogP contribution in [0, 0.1) is 11.3 Å². The molecule has 0 aliphatic rings. The normalized spacial score (nSPS) is 9.83. The van der Waals surface area contributed by atoms with Crippen molar-refractivity contribution in [3.8, 4) is 11.8 Å². The number of para-hydroxylation sites is 1. The molecule has 0 unspecified atom stereocenters. The second-order valence-corrected chi connectivity index (χ2v) is 4.80. The Balaban J connectivity index is 2.16. The van der Waals surface area contributed by atoms with Gasteiger partial charge in [0.05, 0.1) is 13.3 Å². The molecule has 4 nitrogen and oxygen atoms in total. The van der Waals surface area contributed by atoms with Gasteiger partial charge in [0.1, 0.15) is 16.7 Å². The van der Waals surface area contributed by atoms with Crippen LogP contribution in [0.3, 0.4) is 0 Å². The molecule has 2 rings (SSSR count). The Hall–Kier alpha value is -2.06. The van der Waals surface area contributed by atoms with Crippen molar-refractivity contribution in [1.82, 2.24) is 4.98 Å². The molecule has 0 aliphatic carbocycles.